The molecule has 0 saturated carbocycles. The second kappa shape index (κ2) is 8.56. The summed E-state index contributed by atoms with van der Waals surface area (Å²) < 4.78 is 13.3. The van der Waals surface area contributed by atoms with Gasteiger partial charge >= 0.3 is 0 Å². The molecule has 0 aliphatic heterocycles. The van der Waals surface area contributed by atoms with E-state index in [4.69, 9.17) is 9.47 Å². The van der Waals surface area contributed by atoms with E-state index in [1.54, 1.807) is 7.11 Å². The first-order valence-electron chi connectivity index (χ1n) is 8.38. The fourth-order valence-corrected chi connectivity index (χ4v) is 2.95. The van der Waals surface area contributed by atoms with Crippen LogP contribution in [0.2, 0.25) is 0 Å². The molecule has 5 nitrogen and oxygen atoms in total. The molecule has 0 aliphatic rings. The van der Waals surface area contributed by atoms with Gasteiger partial charge in [0.25, 0.3) is 0 Å². The van der Waals surface area contributed by atoms with Gasteiger partial charge in [0.15, 0.2) is 12.2 Å². The van der Waals surface area contributed by atoms with E-state index in [2.05, 4.69) is 27.0 Å². The Morgan fingerprint density at radius 3 is 2.44 bits per heavy atom. The Morgan fingerprint density at radius 2 is 1.85 bits per heavy atom. The van der Waals surface area contributed by atoms with Crippen molar-refractivity contribution in [1.82, 2.24) is 4.57 Å². The highest BCUT2D eigenvalue weighted by atomic mass is 79.9. The van der Waals surface area contributed by atoms with Crippen LogP contribution in [0, 0.1) is 11.3 Å². The average molecular weight is 424 g/mol. The topological polar surface area (TPSA) is 59.5 Å². The second-order valence-electron chi connectivity index (χ2n) is 5.62. The van der Waals surface area contributed by atoms with E-state index in [1.807, 2.05) is 66.2 Å². The maximum atomic E-state index is 9.81. The Balaban J connectivity index is 2.17. The zero-order valence-corrected chi connectivity index (χ0v) is 16.6. The van der Waals surface area contributed by atoms with Crippen LogP contribution in [0.1, 0.15) is 12.5 Å². The molecule has 0 unspecified atom stereocenters. The molecule has 2 aromatic carbocycles. The van der Waals surface area contributed by atoms with E-state index >= 15 is 0 Å². The molecule has 0 radical (unpaired) electrons. The van der Waals surface area contributed by atoms with Crippen LogP contribution in [-0.2, 0) is 4.74 Å². The van der Waals surface area contributed by atoms with E-state index in [-0.39, 0.29) is 0 Å². The highest BCUT2D eigenvalue weighted by molar-refractivity contribution is 9.10. The van der Waals surface area contributed by atoms with Crippen LogP contribution in [0.3, 0.4) is 0 Å². The van der Waals surface area contributed by atoms with Gasteiger partial charge in [0.2, 0.25) is 0 Å². The van der Waals surface area contributed by atoms with Gasteiger partial charge in [-0.15, -0.1) is 0 Å². The zero-order valence-electron chi connectivity index (χ0n) is 15.0. The zero-order chi connectivity index (χ0) is 19.2. The van der Waals surface area contributed by atoms with Crippen LogP contribution >= 0.6 is 15.9 Å². The fraction of sp³-hybridized carbons (Fsp3) is 0.143. The number of hydrogen-bond acceptors (Lipinski definition) is 4. The summed E-state index contributed by atoms with van der Waals surface area (Å²) in [4.78, 5) is 4.40. The molecule has 0 N–H and O–H groups in total. The summed E-state index contributed by atoms with van der Waals surface area (Å²) in [5.74, 6) is 1.29. The van der Waals surface area contributed by atoms with Gasteiger partial charge in [0.05, 0.1) is 13.7 Å². The lowest BCUT2D eigenvalue weighted by molar-refractivity contribution is 0.344. The molecular formula is C21H18BrN3O2. The van der Waals surface area contributed by atoms with Crippen molar-refractivity contribution in [2.24, 2.45) is 4.99 Å². The Bertz CT molecular complexity index is 984. The van der Waals surface area contributed by atoms with Gasteiger partial charge in [-0.05, 0) is 48.9 Å². The van der Waals surface area contributed by atoms with E-state index in [0.717, 1.165) is 27.0 Å². The van der Waals surface area contributed by atoms with Gasteiger partial charge in [-0.25, -0.2) is 4.99 Å². The number of ether oxygens (including phenoxy) is 2. The summed E-state index contributed by atoms with van der Waals surface area (Å²) in [6.45, 7) is 2.39. The van der Waals surface area contributed by atoms with Gasteiger partial charge in [0, 0.05) is 21.9 Å². The molecule has 0 saturated heterocycles. The lowest BCUT2D eigenvalue weighted by Gasteiger charge is -2.06. The third-order valence-corrected chi connectivity index (χ3v) is 4.54. The minimum Gasteiger partial charge on any atom is -0.497 e. The largest absolute Gasteiger partial charge is 0.497 e. The molecule has 0 amide bonds. The number of methoxy groups -OCH3 is 1. The highest BCUT2D eigenvalue weighted by Gasteiger charge is 2.18. The number of rotatable bonds is 6. The van der Waals surface area contributed by atoms with Crippen molar-refractivity contribution in [2.45, 2.75) is 6.92 Å². The minimum atomic E-state index is 0.485. The molecule has 136 valence electrons. The third-order valence-electron chi connectivity index (χ3n) is 4.01. The molecule has 0 aliphatic carbocycles. The highest BCUT2D eigenvalue weighted by Crippen LogP contribution is 2.35. The standard InChI is InChI=1S/C21H18BrN3O2/c1-3-27-14-24-21-19(12-23)20(15-4-10-18(26-2)11-5-15)13-25(21)17-8-6-16(22)7-9-17/h4-11,13-14H,3H2,1-2H3/b24-14+. The van der Waals surface area contributed by atoms with Gasteiger partial charge in [-0.2, -0.15) is 5.26 Å². The van der Waals surface area contributed by atoms with Crippen LogP contribution in [0.25, 0.3) is 16.8 Å². The molecule has 27 heavy (non-hydrogen) atoms. The second-order valence-corrected chi connectivity index (χ2v) is 6.53. The molecule has 1 heterocycles. The van der Waals surface area contributed by atoms with E-state index in [9.17, 15) is 5.26 Å². The quantitative estimate of drug-likeness (QED) is 0.389. The first-order valence-corrected chi connectivity index (χ1v) is 9.17. The Morgan fingerprint density at radius 1 is 1.15 bits per heavy atom. The Kier molecular flexibility index (Phi) is 5.94. The number of aliphatic imine (C=N–C) groups is 1. The van der Waals surface area contributed by atoms with Crippen molar-refractivity contribution < 1.29 is 9.47 Å². The van der Waals surface area contributed by atoms with E-state index in [1.165, 1.54) is 6.40 Å². The van der Waals surface area contributed by atoms with Gasteiger partial charge in [-0.1, -0.05) is 28.1 Å². The lowest BCUT2D eigenvalue weighted by atomic mass is 10.0. The van der Waals surface area contributed by atoms with Crippen LogP contribution in [0.4, 0.5) is 5.82 Å². The van der Waals surface area contributed by atoms with Crippen molar-refractivity contribution in [1.29, 1.82) is 5.26 Å². The van der Waals surface area contributed by atoms with Gasteiger partial charge < -0.3 is 9.47 Å². The Hall–Kier alpha value is -3.04. The first-order chi connectivity index (χ1) is 13.2. The summed E-state index contributed by atoms with van der Waals surface area (Å²) in [6.07, 6.45) is 3.30. The van der Waals surface area contributed by atoms with Crippen LogP contribution in [0.5, 0.6) is 5.75 Å². The van der Waals surface area contributed by atoms with Gasteiger partial charge in [0.1, 0.15) is 17.4 Å². The normalized spacial score (nSPS) is 10.7. The number of benzene rings is 2. The van der Waals surface area contributed by atoms with Crippen LogP contribution < -0.4 is 4.74 Å². The molecule has 1 aromatic heterocycles. The summed E-state index contributed by atoms with van der Waals surface area (Å²) in [5.41, 5.74) is 3.10. The number of halogens is 1. The monoisotopic (exact) mass is 423 g/mol. The number of aromatic nitrogens is 1. The van der Waals surface area contributed by atoms with Crippen LogP contribution in [-0.4, -0.2) is 24.7 Å². The summed E-state index contributed by atoms with van der Waals surface area (Å²) in [6, 6.07) is 17.7. The molecule has 3 rings (SSSR count). The van der Waals surface area contributed by atoms with Crippen molar-refractivity contribution in [3.63, 3.8) is 0 Å². The van der Waals surface area contributed by atoms with Gasteiger partial charge in [-0.3, -0.25) is 4.57 Å². The van der Waals surface area contributed by atoms with Crippen molar-refractivity contribution in [3.05, 3.63) is 64.8 Å². The number of nitrogens with zero attached hydrogens (tertiary/aromatic N) is 3. The SMILES string of the molecule is CCO/C=N/c1c(C#N)c(-c2ccc(OC)cc2)cn1-c1ccc(Br)cc1. The molecule has 0 bridgehead atoms. The molecular weight excluding hydrogens is 406 g/mol. The molecule has 6 heteroatoms. The predicted octanol–water partition coefficient (Wildman–Crippen LogP) is 5.48. The summed E-state index contributed by atoms with van der Waals surface area (Å²) in [5, 5.41) is 9.81. The first kappa shape index (κ1) is 18.7. The third kappa shape index (κ3) is 4.04. The van der Waals surface area contributed by atoms with Crippen molar-refractivity contribution in [2.75, 3.05) is 13.7 Å². The molecule has 0 spiro atoms. The predicted molar refractivity (Wildman–Crippen MR) is 110 cm³/mol. The minimum absolute atomic E-state index is 0.485. The molecule has 0 fully saturated rings. The fourth-order valence-electron chi connectivity index (χ4n) is 2.68. The maximum Gasteiger partial charge on any atom is 0.176 e. The molecule has 3 aromatic rings. The van der Waals surface area contributed by atoms with Crippen molar-refractivity contribution >= 4 is 28.1 Å². The van der Waals surface area contributed by atoms with Crippen molar-refractivity contribution in [3.8, 4) is 28.6 Å². The molecule has 0 atom stereocenters. The Labute approximate surface area is 166 Å². The van der Waals surface area contributed by atoms with E-state index in [0.29, 0.717) is 18.0 Å². The van der Waals surface area contributed by atoms with E-state index < -0.39 is 0 Å². The summed E-state index contributed by atoms with van der Waals surface area (Å²) >= 11 is 3.45. The number of hydrogen-bond donors (Lipinski definition) is 0. The summed E-state index contributed by atoms with van der Waals surface area (Å²) in [7, 11) is 1.63. The smallest absolute Gasteiger partial charge is 0.176 e. The average Bonchev–Trinajstić information content (AvgIpc) is 3.07. The maximum absolute atomic E-state index is 9.81. The number of nitriles is 1. The lowest BCUT2D eigenvalue weighted by Crippen LogP contribution is -1.93. The van der Waals surface area contributed by atoms with Crippen LogP contribution in [0.15, 0.2) is 64.2 Å².